The molecule has 0 fully saturated rings. The Hall–Kier alpha value is -2.32. The largest absolute Gasteiger partial charge is 0.368 e. The minimum absolute atomic E-state index is 0.357. The van der Waals surface area contributed by atoms with Crippen molar-refractivity contribution >= 4 is 17.7 Å². The van der Waals surface area contributed by atoms with Crippen molar-refractivity contribution in [1.82, 2.24) is 5.43 Å². The molecular formula is C8H8N6O2. The second kappa shape index (κ2) is 3.68. The highest BCUT2D eigenvalue weighted by atomic mass is 16.2. The van der Waals surface area contributed by atoms with Crippen LogP contribution >= 0.6 is 0 Å². The third kappa shape index (κ3) is 1.62. The quantitative estimate of drug-likeness (QED) is 0.297. The highest BCUT2D eigenvalue weighted by Crippen LogP contribution is 2.05. The molecule has 8 heteroatoms. The predicted octanol–water partition coefficient (Wildman–Crippen LogP) is -1.68. The van der Waals surface area contributed by atoms with Crippen LogP contribution < -0.4 is 32.8 Å². The number of hydrogen-bond donors (Lipinski definition) is 3. The number of nitrogens with one attached hydrogen (secondary N) is 1. The molecular weight excluding hydrogens is 212 g/mol. The fraction of sp³-hybridized carbons (Fsp3) is 0. The van der Waals surface area contributed by atoms with E-state index in [2.05, 4.69) is 9.98 Å². The van der Waals surface area contributed by atoms with E-state index in [4.69, 9.17) is 11.7 Å². The molecule has 0 spiro atoms. The van der Waals surface area contributed by atoms with Gasteiger partial charge in [0.1, 0.15) is 0 Å². The van der Waals surface area contributed by atoms with Gasteiger partial charge in [0.05, 0.1) is 16.4 Å². The maximum absolute atomic E-state index is 11.1. The van der Waals surface area contributed by atoms with Gasteiger partial charge in [-0.15, -0.1) is 0 Å². The molecule has 0 bridgehead atoms. The van der Waals surface area contributed by atoms with Crippen molar-refractivity contribution in [2.24, 2.45) is 21.7 Å². The fourth-order valence-corrected chi connectivity index (χ4v) is 1.26. The van der Waals surface area contributed by atoms with Gasteiger partial charge in [-0.1, -0.05) is 0 Å². The number of nitrogens with zero attached hydrogens (tertiary/aromatic N) is 3. The van der Waals surface area contributed by atoms with Crippen LogP contribution in [-0.2, 0) is 0 Å². The normalized spacial score (nSPS) is 12.5. The van der Waals surface area contributed by atoms with E-state index in [0.717, 1.165) is 5.01 Å². The number of nitrogens with two attached hydrogens (primary N) is 2. The lowest BCUT2D eigenvalue weighted by Gasteiger charge is -2.14. The van der Waals surface area contributed by atoms with Crippen LogP contribution in [0, 0.1) is 0 Å². The molecule has 1 aromatic rings. The van der Waals surface area contributed by atoms with Crippen molar-refractivity contribution in [2.45, 2.75) is 0 Å². The van der Waals surface area contributed by atoms with Gasteiger partial charge in [-0.05, 0) is 18.2 Å². The molecule has 82 valence electrons. The molecule has 2 rings (SSSR count). The van der Waals surface area contributed by atoms with E-state index in [-0.39, 0.29) is 0 Å². The number of hydrazine groups is 2. The fourth-order valence-electron chi connectivity index (χ4n) is 1.26. The molecule has 1 heterocycles. The Labute approximate surface area is 89.2 Å². The summed E-state index contributed by atoms with van der Waals surface area (Å²) in [6.45, 7) is 0. The summed E-state index contributed by atoms with van der Waals surface area (Å²) in [5.74, 6) is 10.4. The zero-order valence-corrected chi connectivity index (χ0v) is 8.04. The Kier molecular flexibility index (Phi) is 2.35. The predicted molar refractivity (Wildman–Crippen MR) is 53.5 cm³/mol. The number of carbonyl (C=O) groups is 2. The lowest BCUT2D eigenvalue weighted by atomic mass is 10.3. The Bertz CT molecular complexity index is 581. The van der Waals surface area contributed by atoms with Gasteiger partial charge in [0.15, 0.2) is 0 Å². The Balaban J connectivity index is 2.45. The Morgan fingerprint density at radius 1 is 1.31 bits per heavy atom. The van der Waals surface area contributed by atoms with Gasteiger partial charge in [0.25, 0.3) is 0 Å². The van der Waals surface area contributed by atoms with Gasteiger partial charge in [-0.2, -0.15) is 9.98 Å². The van der Waals surface area contributed by atoms with Gasteiger partial charge < -0.3 is 0 Å². The summed E-state index contributed by atoms with van der Waals surface area (Å²) >= 11 is 0. The minimum atomic E-state index is -0.679. The van der Waals surface area contributed by atoms with E-state index < -0.39 is 12.1 Å². The van der Waals surface area contributed by atoms with Gasteiger partial charge >= 0.3 is 12.1 Å². The first-order valence-corrected chi connectivity index (χ1v) is 4.28. The SMILES string of the molecule is NNC(=O)N(N)c1ccc2c(c1)=NC(=O)N=2. The first-order valence-electron chi connectivity index (χ1n) is 4.28. The topological polar surface area (TPSA) is 126 Å². The highest BCUT2D eigenvalue weighted by Gasteiger charge is 2.12. The second-order valence-electron chi connectivity index (χ2n) is 3.00. The summed E-state index contributed by atoms with van der Waals surface area (Å²) in [5, 5.41) is 1.64. The van der Waals surface area contributed by atoms with E-state index >= 15 is 0 Å². The maximum Gasteiger partial charge on any atom is 0.368 e. The second-order valence-corrected chi connectivity index (χ2v) is 3.00. The van der Waals surface area contributed by atoms with E-state index in [1.165, 1.54) is 12.1 Å². The van der Waals surface area contributed by atoms with Crippen LogP contribution in [0.25, 0.3) is 0 Å². The van der Waals surface area contributed by atoms with Gasteiger partial charge in [-0.25, -0.2) is 26.3 Å². The van der Waals surface area contributed by atoms with Crippen LogP contribution in [0.2, 0.25) is 0 Å². The van der Waals surface area contributed by atoms with E-state index in [9.17, 15) is 9.59 Å². The van der Waals surface area contributed by atoms with Crippen LogP contribution in [0.4, 0.5) is 15.3 Å². The molecule has 1 aromatic carbocycles. The first kappa shape index (κ1) is 10.2. The van der Waals surface area contributed by atoms with Gasteiger partial charge in [-0.3, -0.25) is 5.43 Å². The standard InChI is InChI=1S/C8H8N6O2/c9-13-8(16)14(10)4-1-2-5-6(3-4)12-7(15)11-5/h1-3H,9-10H2,(H,13,16). The average molecular weight is 220 g/mol. The van der Waals surface area contributed by atoms with Crippen molar-refractivity contribution in [3.63, 3.8) is 0 Å². The highest BCUT2D eigenvalue weighted by molar-refractivity contribution is 5.90. The van der Waals surface area contributed by atoms with Crippen LogP contribution in [0.15, 0.2) is 28.2 Å². The monoisotopic (exact) mass is 220 g/mol. The lowest BCUT2D eigenvalue weighted by Crippen LogP contribution is -2.48. The molecule has 4 amide bonds. The molecule has 0 saturated carbocycles. The summed E-state index contributed by atoms with van der Waals surface area (Å²) < 4.78 is 0. The molecule has 1 aliphatic rings. The van der Waals surface area contributed by atoms with Crippen molar-refractivity contribution in [3.8, 4) is 0 Å². The molecule has 5 N–H and O–H groups in total. The maximum atomic E-state index is 11.1. The van der Waals surface area contributed by atoms with Crippen molar-refractivity contribution in [3.05, 3.63) is 28.9 Å². The molecule has 0 saturated heterocycles. The number of hydrogen-bond acceptors (Lipinski definition) is 4. The number of anilines is 1. The third-order valence-electron chi connectivity index (χ3n) is 2.01. The van der Waals surface area contributed by atoms with Crippen LogP contribution in [0.1, 0.15) is 0 Å². The molecule has 8 nitrogen and oxygen atoms in total. The molecule has 0 aliphatic carbocycles. The molecule has 16 heavy (non-hydrogen) atoms. The minimum Gasteiger partial charge on any atom is -0.274 e. The summed E-state index contributed by atoms with van der Waals surface area (Å²) in [5.41, 5.74) is 2.24. The average Bonchev–Trinajstić information content (AvgIpc) is 2.65. The van der Waals surface area contributed by atoms with Crippen molar-refractivity contribution in [2.75, 3.05) is 5.01 Å². The summed E-state index contributed by atoms with van der Waals surface area (Å²) in [7, 11) is 0. The number of carbonyl (C=O) groups excluding carboxylic acids is 2. The number of benzene rings is 1. The van der Waals surface area contributed by atoms with E-state index in [1.807, 2.05) is 5.43 Å². The van der Waals surface area contributed by atoms with Gasteiger partial charge in [0.2, 0.25) is 0 Å². The van der Waals surface area contributed by atoms with Crippen LogP contribution in [0.3, 0.4) is 0 Å². The van der Waals surface area contributed by atoms with E-state index in [0.29, 0.717) is 16.4 Å². The smallest absolute Gasteiger partial charge is 0.274 e. The van der Waals surface area contributed by atoms with Gasteiger partial charge in [0, 0.05) is 0 Å². The molecule has 1 aliphatic heterocycles. The summed E-state index contributed by atoms with van der Waals surface area (Å²) in [4.78, 5) is 29.3. The Morgan fingerprint density at radius 2 is 2.00 bits per heavy atom. The van der Waals surface area contributed by atoms with E-state index in [1.54, 1.807) is 6.07 Å². The number of urea groups is 2. The summed E-state index contributed by atoms with van der Waals surface area (Å²) in [6, 6.07) is 3.30. The number of amides is 4. The number of rotatable bonds is 1. The zero-order chi connectivity index (χ0) is 11.7. The number of fused-ring (bicyclic) bond motifs is 1. The molecule has 0 radical (unpaired) electrons. The lowest BCUT2D eigenvalue weighted by molar-refractivity contribution is 0.246. The third-order valence-corrected chi connectivity index (χ3v) is 2.01. The van der Waals surface area contributed by atoms with Crippen LogP contribution in [0.5, 0.6) is 0 Å². The molecule has 0 unspecified atom stereocenters. The molecule has 0 atom stereocenters. The summed E-state index contributed by atoms with van der Waals surface area (Å²) in [6.07, 6.45) is 0. The zero-order valence-electron chi connectivity index (χ0n) is 8.04. The first-order chi connectivity index (χ1) is 7.61. The van der Waals surface area contributed by atoms with Crippen LogP contribution in [-0.4, -0.2) is 12.1 Å². The van der Waals surface area contributed by atoms with Crippen molar-refractivity contribution < 1.29 is 9.59 Å². The molecule has 0 aromatic heterocycles. The Morgan fingerprint density at radius 3 is 2.69 bits per heavy atom. The van der Waals surface area contributed by atoms with Crippen molar-refractivity contribution in [1.29, 1.82) is 0 Å².